The number of aryl methyl sites for hydroxylation is 1. The van der Waals surface area contributed by atoms with Crippen molar-refractivity contribution in [2.75, 3.05) is 7.11 Å². The highest BCUT2D eigenvalue weighted by Gasteiger charge is 2.34. The van der Waals surface area contributed by atoms with E-state index in [1.54, 1.807) is 13.3 Å². The van der Waals surface area contributed by atoms with E-state index in [9.17, 15) is 0 Å². The second-order valence-electron chi connectivity index (χ2n) is 5.44. The van der Waals surface area contributed by atoms with Gasteiger partial charge in [0.25, 0.3) is 0 Å². The van der Waals surface area contributed by atoms with Gasteiger partial charge in [0.15, 0.2) is 0 Å². The molecule has 0 aromatic carbocycles. The zero-order valence-corrected chi connectivity index (χ0v) is 13.1. The van der Waals surface area contributed by atoms with Gasteiger partial charge >= 0.3 is 0 Å². The summed E-state index contributed by atoms with van der Waals surface area (Å²) < 4.78 is 7.67. The number of ether oxygens (including phenoxy) is 1. The molecule has 2 unspecified atom stereocenters. The van der Waals surface area contributed by atoms with Crippen molar-refractivity contribution in [2.45, 2.75) is 57.7 Å². The SMILES string of the molecule is CCn1ncc(Cl)c1C(NN)C(OC)C1CCCCC1. The molecule has 1 heterocycles. The molecule has 20 heavy (non-hydrogen) atoms. The molecule has 1 aromatic rings. The first-order valence-electron chi connectivity index (χ1n) is 7.43. The van der Waals surface area contributed by atoms with Gasteiger partial charge in [-0.3, -0.25) is 10.5 Å². The monoisotopic (exact) mass is 300 g/mol. The highest BCUT2D eigenvalue weighted by Crippen LogP contribution is 2.35. The van der Waals surface area contributed by atoms with Crippen molar-refractivity contribution in [2.24, 2.45) is 11.8 Å². The molecule has 0 radical (unpaired) electrons. The topological polar surface area (TPSA) is 65.1 Å². The summed E-state index contributed by atoms with van der Waals surface area (Å²) in [6, 6.07) is -0.127. The fraction of sp³-hybridized carbons (Fsp3) is 0.786. The van der Waals surface area contributed by atoms with E-state index in [0.29, 0.717) is 10.9 Å². The van der Waals surface area contributed by atoms with Crippen molar-refractivity contribution in [3.63, 3.8) is 0 Å². The molecule has 2 atom stereocenters. The molecule has 1 fully saturated rings. The summed E-state index contributed by atoms with van der Waals surface area (Å²) in [4.78, 5) is 0. The Morgan fingerprint density at radius 1 is 1.50 bits per heavy atom. The van der Waals surface area contributed by atoms with Gasteiger partial charge in [0.1, 0.15) is 0 Å². The van der Waals surface area contributed by atoms with E-state index < -0.39 is 0 Å². The second kappa shape index (κ2) is 7.41. The van der Waals surface area contributed by atoms with E-state index in [2.05, 4.69) is 10.5 Å². The Morgan fingerprint density at radius 2 is 2.20 bits per heavy atom. The van der Waals surface area contributed by atoms with Gasteiger partial charge in [-0.05, 0) is 25.7 Å². The second-order valence-corrected chi connectivity index (χ2v) is 5.84. The van der Waals surface area contributed by atoms with Crippen LogP contribution in [0.15, 0.2) is 6.20 Å². The molecule has 0 spiro atoms. The summed E-state index contributed by atoms with van der Waals surface area (Å²) in [6.07, 6.45) is 7.94. The van der Waals surface area contributed by atoms with Crippen molar-refractivity contribution in [3.05, 3.63) is 16.9 Å². The highest BCUT2D eigenvalue weighted by atomic mass is 35.5. The fourth-order valence-corrected chi connectivity index (χ4v) is 3.58. The van der Waals surface area contributed by atoms with Crippen LogP contribution in [0.3, 0.4) is 0 Å². The van der Waals surface area contributed by atoms with E-state index in [1.165, 1.54) is 32.1 Å². The molecule has 1 aliphatic rings. The Morgan fingerprint density at radius 3 is 2.75 bits per heavy atom. The lowest BCUT2D eigenvalue weighted by Gasteiger charge is -2.34. The van der Waals surface area contributed by atoms with Gasteiger partial charge in [-0.1, -0.05) is 30.9 Å². The first-order valence-corrected chi connectivity index (χ1v) is 7.80. The quantitative estimate of drug-likeness (QED) is 0.626. The average Bonchev–Trinajstić information content (AvgIpc) is 2.86. The van der Waals surface area contributed by atoms with E-state index in [1.807, 2.05) is 11.6 Å². The van der Waals surface area contributed by atoms with Crippen molar-refractivity contribution >= 4 is 11.6 Å². The van der Waals surface area contributed by atoms with Crippen LogP contribution in [-0.2, 0) is 11.3 Å². The van der Waals surface area contributed by atoms with E-state index >= 15 is 0 Å². The Hall–Kier alpha value is -0.620. The van der Waals surface area contributed by atoms with Crippen molar-refractivity contribution in [1.29, 1.82) is 0 Å². The summed E-state index contributed by atoms with van der Waals surface area (Å²) in [5.74, 6) is 6.33. The molecule has 2 rings (SSSR count). The molecular formula is C14H25ClN4O. The predicted octanol–water partition coefficient (Wildman–Crippen LogP) is 2.66. The zero-order valence-electron chi connectivity index (χ0n) is 12.3. The van der Waals surface area contributed by atoms with Crippen LogP contribution in [0.25, 0.3) is 0 Å². The first kappa shape index (κ1) is 15.8. The smallest absolute Gasteiger partial charge is 0.0908 e. The average molecular weight is 301 g/mol. The Balaban J connectivity index is 2.26. The number of hydrogen-bond acceptors (Lipinski definition) is 4. The summed E-state index contributed by atoms with van der Waals surface area (Å²) in [5.41, 5.74) is 3.82. The normalized spacial score (nSPS) is 20.0. The molecule has 0 aliphatic heterocycles. The summed E-state index contributed by atoms with van der Waals surface area (Å²) >= 11 is 6.30. The molecule has 3 N–H and O–H groups in total. The van der Waals surface area contributed by atoms with Crippen molar-refractivity contribution < 1.29 is 4.74 Å². The molecule has 0 amide bonds. The summed E-state index contributed by atoms with van der Waals surface area (Å²) in [5, 5.41) is 4.94. The zero-order chi connectivity index (χ0) is 14.5. The van der Waals surface area contributed by atoms with E-state index in [-0.39, 0.29) is 12.1 Å². The van der Waals surface area contributed by atoms with Gasteiger partial charge in [-0.25, -0.2) is 5.43 Å². The van der Waals surface area contributed by atoms with Crippen LogP contribution in [0.5, 0.6) is 0 Å². The van der Waals surface area contributed by atoms with Crippen LogP contribution in [0, 0.1) is 5.92 Å². The lowest BCUT2D eigenvalue weighted by molar-refractivity contribution is 0.00538. The molecule has 114 valence electrons. The maximum Gasteiger partial charge on any atom is 0.0908 e. The third-order valence-corrected chi connectivity index (χ3v) is 4.61. The molecule has 0 saturated heterocycles. The van der Waals surface area contributed by atoms with Gasteiger partial charge in [0, 0.05) is 13.7 Å². The molecular weight excluding hydrogens is 276 g/mol. The third-order valence-electron chi connectivity index (χ3n) is 4.32. The highest BCUT2D eigenvalue weighted by molar-refractivity contribution is 6.31. The third kappa shape index (κ3) is 3.17. The molecule has 6 heteroatoms. The standard InChI is InChI=1S/C14H25ClN4O/c1-3-19-13(11(15)9-17-19)12(18-16)14(20-2)10-7-5-4-6-8-10/h9-10,12,14,18H,3-8,16H2,1-2H3. The number of hydrazine groups is 1. The summed E-state index contributed by atoms with van der Waals surface area (Å²) in [7, 11) is 1.75. The number of aromatic nitrogens is 2. The van der Waals surface area contributed by atoms with Crippen LogP contribution in [-0.4, -0.2) is 23.0 Å². The van der Waals surface area contributed by atoms with E-state index in [4.69, 9.17) is 22.2 Å². The van der Waals surface area contributed by atoms with Gasteiger partial charge in [0.05, 0.1) is 29.1 Å². The number of nitrogens with one attached hydrogen (secondary N) is 1. The molecule has 1 aromatic heterocycles. The number of nitrogens with zero attached hydrogens (tertiary/aromatic N) is 2. The molecule has 5 nitrogen and oxygen atoms in total. The Kier molecular flexibility index (Phi) is 5.84. The minimum absolute atomic E-state index is 0.0276. The Bertz CT molecular complexity index is 417. The Labute approximate surface area is 125 Å². The number of methoxy groups -OCH3 is 1. The van der Waals surface area contributed by atoms with Gasteiger partial charge in [-0.2, -0.15) is 5.10 Å². The lowest BCUT2D eigenvalue weighted by Crippen LogP contribution is -2.43. The lowest BCUT2D eigenvalue weighted by atomic mass is 9.82. The fourth-order valence-electron chi connectivity index (χ4n) is 3.33. The number of halogens is 1. The van der Waals surface area contributed by atoms with Gasteiger partial charge < -0.3 is 4.74 Å². The minimum atomic E-state index is -0.127. The van der Waals surface area contributed by atoms with Crippen LogP contribution >= 0.6 is 11.6 Å². The maximum absolute atomic E-state index is 6.30. The van der Waals surface area contributed by atoms with E-state index in [0.717, 1.165) is 12.2 Å². The number of hydrogen-bond donors (Lipinski definition) is 2. The minimum Gasteiger partial charge on any atom is -0.379 e. The largest absolute Gasteiger partial charge is 0.379 e. The van der Waals surface area contributed by atoms with Crippen LogP contribution < -0.4 is 11.3 Å². The molecule has 1 saturated carbocycles. The van der Waals surface area contributed by atoms with Crippen LogP contribution in [0.2, 0.25) is 5.02 Å². The molecule has 1 aliphatic carbocycles. The first-order chi connectivity index (χ1) is 9.72. The van der Waals surface area contributed by atoms with Crippen molar-refractivity contribution in [1.82, 2.24) is 15.2 Å². The van der Waals surface area contributed by atoms with Crippen LogP contribution in [0.1, 0.15) is 50.8 Å². The van der Waals surface area contributed by atoms with Gasteiger partial charge in [-0.15, -0.1) is 0 Å². The maximum atomic E-state index is 6.30. The van der Waals surface area contributed by atoms with Crippen molar-refractivity contribution in [3.8, 4) is 0 Å². The molecule has 0 bridgehead atoms. The number of rotatable bonds is 6. The predicted molar refractivity (Wildman–Crippen MR) is 80.3 cm³/mol. The summed E-state index contributed by atoms with van der Waals surface area (Å²) in [6.45, 7) is 2.81. The number of nitrogens with two attached hydrogens (primary N) is 1. The van der Waals surface area contributed by atoms with Gasteiger partial charge in [0.2, 0.25) is 0 Å². The van der Waals surface area contributed by atoms with Crippen LogP contribution in [0.4, 0.5) is 0 Å².